The fraction of sp³-hybridized carbons (Fsp3) is 0.182. The molecule has 0 radical (unpaired) electrons. The van der Waals surface area contributed by atoms with Crippen molar-refractivity contribution in [1.29, 1.82) is 0 Å². The Labute approximate surface area is 82.0 Å². The first-order valence-electron chi connectivity index (χ1n) is 4.48. The lowest BCUT2D eigenvalue weighted by Gasteiger charge is -2.12. The lowest BCUT2D eigenvalue weighted by atomic mass is 10.2. The topological polar surface area (TPSA) is 36.1 Å². The molecule has 2 rings (SSSR count). The highest BCUT2D eigenvalue weighted by Gasteiger charge is 2.01. The van der Waals surface area contributed by atoms with Gasteiger partial charge in [0.1, 0.15) is 5.82 Å². The van der Waals surface area contributed by atoms with Crippen LogP contribution in [0, 0.1) is 0 Å². The van der Waals surface area contributed by atoms with Gasteiger partial charge in [0.2, 0.25) is 0 Å². The van der Waals surface area contributed by atoms with Gasteiger partial charge in [0.25, 0.3) is 0 Å². The van der Waals surface area contributed by atoms with E-state index < -0.39 is 0 Å². The first kappa shape index (κ1) is 8.81. The smallest absolute Gasteiger partial charge is 0.191 e. The maximum absolute atomic E-state index is 11.7. The van der Waals surface area contributed by atoms with Crippen LogP contribution in [0.25, 0.3) is 10.9 Å². The number of rotatable bonds is 1. The Kier molecular flexibility index (Phi) is 2.00. The second-order valence-electron chi connectivity index (χ2n) is 3.46. The number of pyridine rings is 1. The van der Waals surface area contributed by atoms with Gasteiger partial charge in [-0.3, -0.25) is 4.79 Å². The summed E-state index contributed by atoms with van der Waals surface area (Å²) in [7, 11) is 3.81. The minimum Gasteiger partial charge on any atom is -0.364 e. The molecule has 0 saturated heterocycles. The van der Waals surface area contributed by atoms with E-state index in [1.165, 1.54) is 0 Å². The molecule has 0 fully saturated rings. The van der Waals surface area contributed by atoms with Gasteiger partial charge in [-0.05, 0) is 12.1 Å². The predicted octanol–water partition coefficient (Wildman–Crippen LogP) is 1.59. The number of anilines is 1. The number of hydrogen-bond donors (Lipinski definition) is 1. The van der Waals surface area contributed by atoms with Gasteiger partial charge in [-0.25, -0.2) is 0 Å². The van der Waals surface area contributed by atoms with E-state index in [4.69, 9.17) is 0 Å². The van der Waals surface area contributed by atoms with Crippen molar-refractivity contribution in [3.05, 3.63) is 40.6 Å². The number of H-pyrrole nitrogens is 1. The molecule has 72 valence electrons. The summed E-state index contributed by atoms with van der Waals surface area (Å²) >= 11 is 0. The maximum atomic E-state index is 11.7. The molecular weight excluding hydrogens is 176 g/mol. The number of aromatic amines is 1. The molecule has 0 amide bonds. The predicted molar refractivity (Wildman–Crippen MR) is 58.9 cm³/mol. The summed E-state index contributed by atoms with van der Waals surface area (Å²) in [6.07, 6.45) is 0. The van der Waals surface area contributed by atoms with Crippen molar-refractivity contribution in [2.24, 2.45) is 0 Å². The third-order valence-corrected chi connectivity index (χ3v) is 2.20. The van der Waals surface area contributed by atoms with Gasteiger partial charge >= 0.3 is 0 Å². The number of hydrogen-bond acceptors (Lipinski definition) is 2. The molecular formula is C11H12N2O. The summed E-state index contributed by atoms with van der Waals surface area (Å²) in [6.45, 7) is 0. The molecule has 0 saturated carbocycles. The number of nitrogens with one attached hydrogen (secondary N) is 1. The SMILES string of the molecule is CN(C)c1cc(=O)c2ccccc2[nH]1. The fourth-order valence-corrected chi connectivity index (χ4v) is 1.42. The third-order valence-electron chi connectivity index (χ3n) is 2.20. The highest BCUT2D eigenvalue weighted by atomic mass is 16.1. The van der Waals surface area contributed by atoms with E-state index in [0.29, 0.717) is 0 Å². The minimum atomic E-state index is 0.0584. The lowest BCUT2D eigenvalue weighted by molar-refractivity contribution is 1.08. The number of para-hydroxylation sites is 1. The van der Waals surface area contributed by atoms with Gasteiger partial charge in [-0.1, -0.05) is 12.1 Å². The van der Waals surface area contributed by atoms with Crippen molar-refractivity contribution in [3.8, 4) is 0 Å². The van der Waals surface area contributed by atoms with Gasteiger partial charge in [-0.15, -0.1) is 0 Å². The van der Waals surface area contributed by atoms with Gasteiger partial charge in [0, 0.05) is 25.5 Å². The summed E-state index contributed by atoms with van der Waals surface area (Å²) in [6, 6.07) is 9.13. The fourth-order valence-electron chi connectivity index (χ4n) is 1.42. The molecule has 1 aromatic heterocycles. The molecule has 1 aromatic carbocycles. The van der Waals surface area contributed by atoms with Crippen LogP contribution in [0.15, 0.2) is 35.1 Å². The van der Waals surface area contributed by atoms with E-state index in [2.05, 4.69) is 4.98 Å². The van der Waals surface area contributed by atoms with E-state index in [0.717, 1.165) is 16.7 Å². The molecule has 0 spiro atoms. The molecule has 0 bridgehead atoms. The summed E-state index contributed by atoms with van der Waals surface area (Å²) in [4.78, 5) is 16.7. The van der Waals surface area contributed by atoms with Crippen LogP contribution < -0.4 is 10.3 Å². The average Bonchev–Trinajstić information content (AvgIpc) is 2.17. The largest absolute Gasteiger partial charge is 0.364 e. The molecule has 1 N–H and O–H groups in total. The van der Waals surface area contributed by atoms with E-state index >= 15 is 0 Å². The monoisotopic (exact) mass is 188 g/mol. The van der Waals surface area contributed by atoms with Crippen LogP contribution in [0.3, 0.4) is 0 Å². The van der Waals surface area contributed by atoms with Gasteiger partial charge in [0.15, 0.2) is 5.43 Å². The Bertz CT molecular complexity index is 514. The summed E-state index contributed by atoms with van der Waals surface area (Å²) in [5.74, 6) is 0.828. The molecule has 0 atom stereocenters. The minimum absolute atomic E-state index is 0.0584. The zero-order valence-corrected chi connectivity index (χ0v) is 8.24. The van der Waals surface area contributed by atoms with Crippen molar-refractivity contribution in [1.82, 2.24) is 4.98 Å². The molecule has 3 heteroatoms. The Hall–Kier alpha value is -1.77. The van der Waals surface area contributed by atoms with Crippen LogP contribution in [0.2, 0.25) is 0 Å². The molecule has 1 heterocycles. The number of aromatic nitrogens is 1. The number of nitrogens with zero attached hydrogens (tertiary/aromatic N) is 1. The van der Waals surface area contributed by atoms with Crippen LogP contribution >= 0.6 is 0 Å². The van der Waals surface area contributed by atoms with Gasteiger partial charge < -0.3 is 9.88 Å². The molecule has 0 aliphatic carbocycles. The van der Waals surface area contributed by atoms with Crippen molar-refractivity contribution in [2.45, 2.75) is 0 Å². The Morgan fingerprint density at radius 2 is 1.93 bits per heavy atom. The lowest BCUT2D eigenvalue weighted by Crippen LogP contribution is -2.14. The highest BCUT2D eigenvalue weighted by molar-refractivity contribution is 5.79. The van der Waals surface area contributed by atoms with Crippen molar-refractivity contribution < 1.29 is 0 Å². The highest BCUT2D eigenvalue weighted by Crippen LogP contribution is 2.11. The molecule has 3 nitrogen and oxygen atoms in total. The van der Waals surface area contributed by atoms with Crippen LogP contribution in [0.4, 0.5) is 5.82 Å². The standard InChI is InChI=1S/C11H12N2O/c1-13(2)11-7-10(14)8-5-3-4-6-9(8)12-11/h3-7H,1-2H3,(H,12,14). The summed E-state index contributed by atoms with van der Waals surface area (Å²) < 4.78 is 0. The molecule has 0 aliphatic rings. The number of benzene rings is 1. The Balaban J connectivity index is 2.79. The maximum Gasteiger partial charge on any atom is 0.191 e. The van der Waals surface area contributed by atoms with Crippen LogP contribution in [0.1, 0.15) is 0 Å². The van der Waals surface area contributed by atoms with Crippen molar-refractivity contribution >= 4 is 16.7 Å². The van der Waals surface area contributed by atoms with Crippen molar-refractivity contribution in [2.75, 3.05) is 19.0 Å². The molecule has 0 aliphatic heterocycles. The van der Waals surface area contributed by atoms with E-state index in [1.54, 1.807) is 6.07 Å². The zero-order chi connectivity index (χ0) is 10.1. The Morgan fingerprint density at radius 1 is 1.21 bits per heavy atom. The van der Waals surface area contributed by atoms with E-state index in [-0.39, 0.29) is 5.43 Å². The van der Waals surface area contributed by atoms with Crippen LogP contribution in [-0.4, -0.2) is 19.1 Å². The molecule has 2 aromatic rings. The van der Waals surface area contributed by atoms with Gasteiger partial charge in [-0.2, -0.15) is 0 Å². The molecule has 14 heavy (non-hydrogen) atoms. The van der Waals surface area contributed by atoms with Crippen molar-refractivity contribution in [3.63, 3.8) is 0 Å². The Morgan fingerprint density at radius 3 is 2.64 bits per heavy atom. The summed E-state index contributed by atoms with van der Waals surface area (Å²) in [5, 5.41) is 0.734. The third kappa shape index (κ3) is 1.37. The zero-order valence-electron chi connectivity index (χ0n) is 8.24. The second-order valence-corrected chi connectivity index (χ2v) is 3.46. The first-order chi connectivity index (χ1) is 6.68. The average molecular weight is 188 g/mol. The van der Waals surface area contributed by atoms with E-state index in [9.17, 15) is 4.79 Å². The molecule has 0 unspecified atom stereocenters. The second kappa shape index (κ2) is 3.18. The van der Waals surface area contributed by atoms with Crippen LogP contribution in [-0.2, 0) is 0 Å². The van der Waals surface area contributed by atoms with E-state index in [1.807, 2.05) is 43.3 Å². The van der Waals surface area contributed by atoms with Crippen LogP contribution in [0.5, 0.6) is 0 Å². The first-order valence-corrected chi connectivity index (χ1v) is 4.48. The normalized spacial score (nSPS) is 10.4. The number of fused-ring (bicyclic) bond motifs is 1. The van der Waals surface area contributed by atoms with Gasteiger partial charge in [0.05, 0.1) is 5.52 Å². The summed E-state index contributed by atoms with van der Waals surface area (Å²) in [5.41, 5.74) is 0.937. The quantitative estimate of drug-likeness (QED) is 0.737.